The van der Waals surface area contributed by atoms with E-state index in [1.54, 1.807) is 54.6 Å². The van der Waals surface area contributed by atoms with Crippen molar-refractivity contribution in [3.63, 3.8) is 0 Å². The molecule has 6 nitrogen and oxygen atoms in total. The van der Waals surface area contributed by atoms with Crippen LogP contribution in [0.5, 0.6) is 17.2 Å². The molecule has 190 valence electrons. The van der Waals surface area contributed by atoms with Crippen LogP contribution in [0.2, 0.25) is 0 Å². The zero-order valence-electron chi connectivity index (χ0n) is 20.9. The molecule has 0 spiro atoms. The lowest BCUT2D eigenvalue weighted by atomic mass is 10.2. The van der Waals surface area contributed by atoms with E-state index in [0.29, 0.717) is 41.8 Å². The van der Waals surface area contributed by atoms with Crippen molar-refractivity contribution in [2.24, 2.45) is 0 Å². The Morgan fingerprint density at radius 2 is 1.35 bits per heavy atom. The van der Waals surface area contributed by atoms with Crippen molar-refractivity contribution in [3.8, 4) is 17.2 Å². The number of rotatable bonds is 13. The van der Waals surface area contributed by atoms with Gasteiger partial charge < -0.3 is 18.9 Å². The van der Waals surface area contributed by atoms with Crippen LogP contribution < -0.4 is 14.2 Å². The molecular formula is C31H30O6. The molecule has 0 aliphatic rings. The molecule has 0 N–H and O–H groups in total. The SMILES string of the molecule is C=C(C)C(=C)OCCCCOc1ccc(C(=O)Oc2ccc(OC(=O)/C=C/c3ccccc3)cc2)cc1. The molecule has 0 amide bonds. The third-order valence-electron chi connectivity index (χ3n) is 5.11. The molecule has 0 aliphatic carbocycles. The summed E-state index contributed by atoms with van der Waals surface area (Å²) in [6.07, 6.45) is 4.68. The number of allylic oxidation sites excluding steroid dienone is 1. The maximum absolute atomic E-state index is 12.5. The van der Waals surface area contributed by atoms with Crippen LogP contribution in [-0.4, -0.2) is 25.2 Å². The van der Waals surface area contributed by atoms with Gasteiger partial charge in [0.15, 0.2) is 0 Å². The second-order valence-corrected chi connectivity index (χ2v) is 8.16. The lowest BCUT2D eigenvalue weighted by Gasteiger charge is -2.10. The van der Waals surface area contributed by atoms with Gasteiger partial charge in [0.05, 0.1) is 18.8 Å². The molecule has 0 aromatic heterocycles. The van der Waals surface area contributed by atoms with Gasteiger partial charge in [-0.15, -0.1) is 0 Å². The van der Waals surface area contributed by atoms with Gasteiger partial charge in [0.2, 0.25) is 0 Å². The first kappa shape index (κ1) is 27.0. The highest BCUT2D eigenvalue weighted by atomic mass is 16.5. The molecule has 0 bridgehead atoms. The van der Waals surface area contributed by atoms with E-state index in [1.807, 2.05) is 37.3 Å². The van der Waals surface area contributed by atoms with Gasteiger partial charge in [0, 0.05) is 6.08 Å². The van der Waals surface area contributed by atoms with E-state index in [0.717, 1.165) is 24.0 Å². The van der Waals surface area contributed by atoms with E-state index < -0.39 is 11.9 Å². The van der Waals surface area contributed by atoms with Crippen LogP contribution in [0.25, 0.3) is 6.08 Å². The van der Waals surface area contributed by atoms with Crippen LogP contribution in [0.3, 0.4) is 0 Å². The molecule has 0 atom stereocenters. The summed E-state index contributed by atoms with van der Waals surface area (Å²) < 4.78 is 21.9. The zero-order chi connectivity index (χ0) is 26.5. The quantitative estimate of drug-likeness (QED) is 0.0645. The Kier molecular flexibility index (Phi) is 10.3. The minimum atomic E-state index is -0.503. The Labute approximate surface area is 217 Å². The fourth-order valence-corrected chi connectivity index (χ4v) is 3.02. The van der Waals surface area contributed by atoms with E-state index >= 15 is 0 Å². The normalized spacial score (nSPS) is 10.5. The Morgan fingerprint density at radius 3 is 2.00 bits per heavy atom. The molecule has 0 fully saturated rings. The second kappa shape index (κ2) is 14.1. The minimum absolute atomic E-state index is 0.335. The average molecular weight is 499 g/mol. The van der Waals surface area contributed by atoms with Gasteiger partial charge in [-0.25, -0.2) is 9.59 Å². The number of esters is 2. The fraction of sp³-hybridized carbons (Fsp3) is 0.161. The maximum Gasteiger partial charge on any atom is 0.343 e. The van der Waals surface area contributed by atoms with Crippen molar-refractivity contribution in [2.75, 3.05) is 13.2 Å². The molecule has 0 heterocycles. The topological polar surface area (TPSA) is 71.1 Å². The van der Waals surface area contributed by atoms with Crippen molar-refractivity contribution < 1.29 is 28.5 Å². The Bertz CT molecular complexity index is 1220. The maximum atomic E-state index is 12.5. The fourth-order valence-electron chi connectivity index (χ4n) is 3.02. The van der Waals surface area contributed by atoms with E-state index in [2.05, 4.69) is 13.2 Å². The molecule has 0 radical (unpaired) electrons. The molecule has 6 heteroatoms. The molecular weight excluding hydrogens is 468 g/mol. The van der Waals surface area contributed by atoms with E-state index in [4.69, 9.17) is 18.9 Å². The average Bonchev–Trinajstić information content (AvgIpc) is 2.91. The van der Waals surface area contributed by atoms with Crippen molar-refractivity contribution in [3.05, 3.63) is 121 Å². The Hall–Kier alpha value is -4.58. The lowest BCUT2D eigenvalue weighted by molar-refractivity contribution is -0.128. The summed E-state index contributed by atoms with van der Waals surface area (Å²) in [4.78, 5) is 24.5. The molecule has 0 saturated heterocycles. The van der Waals surface area contributed by atoms with E-state index in [1.165, 1.54) is 6.08 Å². The highest BCUT2D eigenvalue weighted by Gasteiger charge is 2.10. The molecule has 37 heavy (non-hydrogen) atoms. The van der Waals surface area contributed by atoms with Crippen LogP contribution >= 0.6 is 0 Å². The monoisotopic (exact) mass is 498 g/mol. The van der Waals surface area contributed by atoms with Crippen molar-refractivity contribution in [1.82, 2.24) is 0 Å². The van der Waals surface area contributed by atoms with Gasteiger partial charge in [0.1, 0.15) is 23.0 Å². The van der Waals surface area contributed by atoms with Gasteiger partial charge in [-0.1, -0.05) is 43.5 Å². The first-order valence-electron chi connectivity index (χ1n) is 11.9. The first-order chi connectivity index (χ1) is 17.9. The number of benzene rings is 3. The van der Waals surface area contributed by atoms with Gasteiger partial charge in [-0.05, 0) is 85.5 Å². The molecule has 0 aliphatic heterocycles. The predicted molar refractivity (Wildman–Crippen MR) is 144 cm³/mol. The lowest BCUT2D eigenvalue weighted by Crippen LogP contribution is -2.09. The Morgan fingerprint density at radius 1 is 0.757 bits per heavy atom. The van der Waals surface area contributed by atoms with E-state index in [9.17, 15) is 9.59 Å². The second-order valence-electron chi connectivity index (χ2n) is 8.16. The highest BCUT2D eigenvalue weighted by molar-refractivity contribution is 5.91. The van der Waals surface area contributed by atoms with Crippen LogP contribution in [0.4, 0.5) is 0 Å². The number of carbonyl (C=O) groups excluding carboxylic acids is 2. The number of ether oxygens (including phenoxy) is 4. The van der Waals surface area contributed by atoms with Crippen LogP contribution in [0, 0.1) is 0 Å². The summed E-state index contributed by atoms with van der Waals surface area (Å²) in [5, 5.41) is 0. The number of hydrogen-bond donors (Lipinski definition) is 0. The third kappa shape index (κ3) is 9.53. The summed E-state index contributed by atoms with van der Waals surface area (Å²) >= 11 is 0. The largest absolute Gasteiger partial charge is 0.494 e. The van der Waals surface area contributed by atoms with Gasteiger partial charge in [-0.2, -0.15) is 0 Å². The first-order valence-corrected chi connectivity index (χ1v) is 11.9. The van der Waals surface area contributed by atoms with Gasteiger partial charge in [0.25, 0.3) is 0 Å². The molecule has 3 aromatic rings. The molecule has 3 rings (SSSR count). The van der Waals surface area contributed by atoms with E-state index in [-0.39, 0.29) is 0 Å². The van der Waals surface area contributed by atoms with Gasteiger partial charge >= 0.3 is 11.9 Å². The minimum Gasteiger partial charge on any atom is -0.494 e. The molecule has 3 aromatic carbocycles. The predicted octanol–water partition coefficient (Wildman–Crippen LogP) is 6.79. The summed E-state index contributed by atoms with van der Waals surface area (Å²) in [6.45, 7) is 10.5. The zero-order valence-corrected chi connectivity index (χ0v) is 20.9. The molecule has 0 saturated carbocycles. The standard InChI is InChI=1S/C31H30O6/c1-23(2)24(3)34-21-7-8-22-35-27-14-12-26(13-15-27)31(33)37-29-18-16-28(17-19-29)36-30(32)20-11-25-9-5-4-6-10-25/h4-6,9-20H,1,3,7-8,21-22H2,2H3/b20-11+. The number of carbonyl (C=O) groups is 2. The van der Waals surface area contributed by atoms with Crippen LogP contribution in [-0.2, 0) is 9.53 Å². The van der Waals surface area contributed by atoms with Crippen molar-refractivity contribution in [1.29, 1.82) is 0 Å². The highest BCUT2D eigenvalue weighted by Crippen LogP contribution is 2.20. The summed E-state index contributed by atoms with van der Waals surface area (Å²) in [5.41, 5.74) is 2.11. The smallest absolute Gasteiger partial charge is 0.343 e. The summed E-state index contributed by atoms with van der Waals surface area (Å²) in [5.74, 6) is 0.943. The number of hydrogen-bond acceptors (Lipinski definition) is 6. The van der Waals surface area contributed by atoms with Crippen LogP contribution in [0.15, 0.2) is 109 Å². The third-order valence-corrected chi connectivity index (χ3v) is 5.11. The van der Waals surface area contributed by atoms with Gasteiger partial charge in [-0.3, -0.25) is 0 Å². The summed E-state index contributed by atoms with van der Waals surface area (Å²) in [6, 6.07) is 22.4. The summed E-state index contributed by atoms with van der Waals surface area (Å²) in [7, 11) is 0. The van der Waals surface area contributed by atoms with Crippen molar-refractivity contribution in [2.45, 2.75) is 19.8 Å². The van der Waals surface area contributed by atoms with Crippen LogP contribution in [0.1, 0.15) is 35.7 Å². The number of unbranched alkanes of at least 4 members (excludes halogenated alkanes) is 1. The van der Waals surface area contributed by atoms with Crippen molar-refractivity contribution >= 4 is 18.0 Å². The molecule has 0 unspecified atom stereocenters. The Balaban J connectivity index is 1.40.